The third-order valence-corrected chi connectivity index (χ3v) is 6.86. The third kappa shape index (κ3) is 8.15. The molecule has 3 aromatic carbocycles. The van der Waals surface area contributed by atoms with Gasteiger partial charge in [-0.2, -0.15) is 0 Å². The highest BCUT2D eigenvalue weighted by Gasteiger charge is 2.55. The molecule has 1 heterocycles. The van der Waals surface area contributed by atoms with Crippen molar-refractivity contribution >= 4 is 17.8 Å². The van der Waals surface area contributed by atoms with Crippen LogP contribution in [0.2, 0.25) is 0 Å². The van der Waals surface area contributed by atoms with Gasteiger partial charge in [-0.1, -0.05) is 54.6 Å². The van der Waals surface area contributed by atoms with Gasteiger partial charge in [0, 0.05) is 25.5 Å². The van der Waals surface area contributed by atoms with Crippen molar-refractivity contribution in [3.05, 3.63) is 96.1 Å². The van der Waals surface area contributed by atoms with Crippen LogP contribution in [-0.4, -0.2) is 81.0 Å². The van der Waals surface area contributed by atoms with Crippen molar-refractivity contribution in [3.8, 4) is 11.5 Å². The molecule has 0 aliphatic carbocycles. The summed E-state index contributed by atoms with van der Waals surface area (Å²) in [5.74, 6) is -4.16. The largest absolute Gasteiger partial charge is 0.477 e. The van der Waals surface area contributed by atoms with Crippen LogP contribution in [0.25, 0.3) is 0 Å². The van der Waals surface area contributed by atoms with E-state index >= 15 is 0 Å². The van der Waals surface area contributed by atoms with Crippen molar-refractivity contribution in [1.29, 1.82) is 0 Å². The molecule has 0 saturated carbocycles. The molecule has 6 N–H and O–H groups in total. The second-order valence-electron chi connectivity index (χ2n) is 10.1. The molecular weight excluding hydrogens is 560 g/mol. The number of ether oxygens (including phenoxy) is 3. The second kappa shape index (κ2) is 14.2. The molecule has 0 spiro atoms. The molecule has 6 atom stereocenters. The van der Waals surface area contributed by atoms with Gasteiger partial charge in [0.25, 0.3) is 11.7 Å². The smallest absolute Gasteiger partial charge is 0.364 e. The van der Waals surface area contributed by atoms with E-state index in [2.05, 4.69) is 10.6 Å². The highest BCUT2D eigenvalue weighted by atomic mass is 16.7. The first-order valence-electron chi connectivity index (χ1n) is 13.6. The molecule has 228 valence electrons. The number of amides is 2. The van der Waals surface area contributed by atoms with E-state index in [-0.39, 0.29) is 12.2 Å². The zero-order chi connectivity index (χ0) is 31.0. The Kier molecular flexibility index (Phi) is 10.5. The van der Waals surface area contributed by atoms with Crippen molar-refractivity contribution in [2.75, 3.05) is 6.54 Å². The highest BCUT2D eigenvalue weighted by Crippen LogP contribution is 2.34. The standard InChI is InChI=1S/C31H34N2O10/c1-19(34)33-26-24(35)16-31(30(39)40,41-18-20-9-4-2-5-10-20)43-28(26)27(37)25(36)17-32-29(38)21-11-8-14-23(15-21)42-22-12-6-3-7-13-22/h2-15,24-28,35-37H,16-18H2,1H3,(H,32,38)(H,33,34)(H,39,40)/t24-,25+,26+,27+,28+,31+/m0/s1. The van der Waals surface area contributed by atoms with Crippen molar-refractivity contribution in [1.82, 2.24) is 10.6 Å². The van der Waals surface area contributed by atoms with E-state index in [9.17, 15) is 34.8 Å². The summed E-state index contributed by atoms with van der Waals surface area (Å²) in [7, 11) is 0. The topological polar surface area (TPSA) is 184 Å². The number of carboxylic acids is 1. The lowest BCUT2D eigenvalue weighted by atomic mass is 9.88. The number of nitrogens with one attached hydrogen (secondary N) is 2. The molecule has 3 aromatic rings. The molecule has 1 saturated heterocycles. The van der Waals surface area contributed by atoms with E-state index in [1.54, 1.807) is 66.7 Å². The van der Waals surface area contributed by atoms with Crippen LogP contribution in [0.3, 0.4) is 0 Å². The van der Waals surface area contributed by atoms with Gasteiger partial charge < -0.3 is 45.3 Å². The van der Waals surface area contributed by atoms with Crippen LogP contribution in [0, 0.1) is 0 Å². The number of hydrogen-bond donors (Lipinski definition) is 6. The van der Waals surface area contributed by atoms with Crippen LogP contribution < -0.4 is 15.4 Å². The first-order valence-corrected chi connectivity index (χ1v) is 13.6. The summed E-state index contributed by atoms with van der Waals surface area (Å²) < 4.78 is 17.1. The molecule has 2 amide bonds. The number of aliphatic hydroxyl groups is 3. The van der Waals surface area contributed by atoms with Gasteiger partial charge in [0.05, 0.1) is 24.9 Å². The average molecular weight is 595 g/mol. The quantitative estimate of drug-likeness (QED) is 0.180. The summed E-state index contributed by atoms with van der Waals surface area (Å²) in [5.41, 5.74) is 0.845. The van der Waals surface area contributed by atoms with Crippen LogP contribution in [0.4, 0.5) is 0 Å². The van der Waals surface area contributed by atoms with Crippen molar-refractivity contribution in [2.45, 2.75) is 56.2 Å². The minimum absolute atomic E-state index is 0.195. The SMILES string of the molecule is CC(=O)N[C@H]1[C@H]([C@H](O)[C@H](O)CNC(=O)c2cccc(Oc3ccccc3)c2)O[C@@](OCc2ccccc2)(C(=O)O)C[C@@H]1O. The maximum Gasteiger partial charge on any atom is 0.364 e. The minimum atomic E-state index is -2.40. The number of rotatable bonds is 12. The van der Waals surface area contributed by atoms with Gasteiger partial charge >= 0.3 is 5.97 Å². The number of aliphatic carboxylic acids is 1. The van der Waals surface area contributed by atoms with Gasteiger partial charge in [0.2, 0.25) is 5.91 Å². The Morgan fingerprint density at radius 1 is 0.977 bits per heavy atom. The van der Waals surface area contributed by atoms with E-state index in [0.29, 0.717) is 17.1 Å². The predicted molar refractivity (Wildman–Crippen MR) is 152 cm³/mol. The molecule has 1 fully saturated rings. The number of carbonyl (C=O) groups excluding carboxylic acids is 2. The molecule has 12 heteroatoms. The summed E-state index contributed by atoms with van der Waals surface area (Å²) in [5, 5.41) is 47.8. The van der Waals surface area contributed by atoms with Crippen LogP contribution in [-0.2, 0) is 25.7 Å². The Morgan fingerprint density at radius 2 is 1.63 bits per heavy atom. The van der Waals surface area contributed by atoms with Crippen LogP contribution in [0.15, 0.2) is 84.9 Å². The fraction of sp³-hybridized carbons (Fsp3) is 0.323. The highest BCUT2D eigenvalue weighted by molar-refractivity contribution is 5.94. The second-order valence-corrected chi connectivity index (χ2v) is 10.1. The molecule has 4 rings (SSSR count). The molecule has 12 nitrogen and oxygen atoms in total. The molecule has 0 radical (unpaired) electrons. The van der Waals surface area contributed by atoms with Gasteiger partial charge in [-0.15, -0.1) is 0 Å². The van der Waals surface area contributed by atoms with E-state index < -0.39 is 67.0 Å². The van der Waals surface area contributed by atoms with Gasteiger partial charge in [0.1, 0.15) is 23.7 Å². The fourth-order valence-corrected chi connectivity index (χ4v) is 4.69. The number of benzene rings is 3. The molecule has 1 aliphatic rings. The van der Waals surface area contributed by atoms with Crippen LogP contribution in [0.1, 0.15) is 29.3 Å². The molecule has 0 aromatic heterocycles. The van der Waals surface area contributed by atoms with Crippen molar-refractivity contribution in [2.24, 2.45) is 0 Å². The van der Waals surface area contributed by atoms with E-state index in [1.807, 2.05) is 6.07 Å². The molecular formula is C31H34N2O10. The molecule has 0 unspecified atom stereocenters. The molecule has 1 aliphatic heterocycles. The first-order chi connectivity index (χ1) is 20.6. The molecule has 0 bridgehead atoms. The lowest BCUT2D eigenvalue weighted by molar-refractivity contribution is -0.314. The first kappa shape index (κ1) is 31.6. The summed E-state index contributed by atoms with van der Waals surface area (Å²) in [6.45, 7) is 0.504. The maximum absolute atomic E-state index is 12.8. The lowest BCUT2D eigenvalue weighted by Gasteiger charge is -2.46. The summed E-state index contributed by atoms with van der Waals surface area (Å²) in [6.07, 6.45) is -7.29. The van der Waals surface area contributed by atoms with Crippen LogP contribution in [0.5, 0.6) is 11.5 Å². The zero-order valence-corrected chi connectivity index (χ0v) is 23.3. The summed E-state index contributed by atoms with van der Waals surface area (Å²) in [4.78, 5) is 37.1. The third-order valence-electron chi connectivity index (χ3n) is 6.86. The van der Waals surface area contributed by atoms with E-state index in [4.69, 9.17) is 14.2 Å². The van der Waals surface area contributed by atoms with E-state index in [0.717, 1.165) is 0 Å². The van der Waals surface area contributed by atoms with Crippen LogP contribution >= 0.6 is 0 Å². The predicted octanol–water partition coefficient (Wildman–Crippen LogP) is 1.58. The normalized spacial score (nSPS) is 23.0. The number of aliphatic hydroxyl groups excluding tert-OH is 3. The van der Waals surface area contributed by atoms with Gasteiger partial charge in [0.15, 0.2) is 0 Å². The zero-order valence-electron chi connectivity index (χ0n) is 23.3. The van der Waals surface area contributed by atoms with Gasteiger partial charge in [-0.05, 0) is 35.9 Å². The minimum Gasteiger partial charge on any atom is -0.477 e. The molecule has 43 heavy (non-hydrogen) atoms. The lowest BCUT2D eigenvalue weighted by Crippen LogP contribution is -2.68. The number of carbonyl (C=O) groups is 3. The monoisotopic (exact) mass is 594 g/mol. The Bertz CT molecular complexity index is 1390. The number of hydrogen-bond acceptors (Lipinski definition) is 9. The van der Waals surface area contributed by atoms with Gasteiger partial charge in [-0.25, -0.2) is 4.79 Å². The summed E-state index contributed by atoms with van der Waals surface area (Å²) >= 11 is 0. The fourth-order valence-electron chi connectivity index (χ4n) is 4.69. The average Bonchev–Trinajstić information content (AvgIpc) is 3.00. The maximum atomic E-state index is 12.8. The van der Waals surface area contributed by atoms with Crippen molar-refractivity contribution < 1.29 is 49.0 Å². The Morgan fingerprint density at radius 3 is 2.28 bits per heavy atom. The summed E-state index contributed by atoms with van der Waals surface area (Å²) in [6, 6.07) is 22.7. The van der Waals surface area contributed by atoms with Crippen molar-refractivity contribution in [3.63, 3.8) is 0 Å². The van der Waals surface area contributed by atoms with Gasteiger partial charge in [-0.3, -0.25) is 9.59 Å². The number of para-hydroxylation sites is 1. The Hall–Kier alpha value is -4.33. The Balaban J connectivity index is 1.46. The Labute approximate surface area is 247 Å². The van der Waals surface area contributed by atoms with E-state index in [1.165, 1.54) is 19.1 Å². The number of carboxylic acid groups (broad SMARTS) is 1.